The average Bonchev–Trinajstić information content (AvgIpc) is 2.28. The number of benzene rings is 1. The quantitative estimate of drug-likeness (QED) is 0.769. The SMILES string of the molecule is CCC(=O)c1cc(Br)c2c(c1)CCCO2. The maximum absolute atomic E-state index is 11.6. The van der Waals surface area contributed by atoms with E-state index in [9.17, 15) is 4.79 Å². The Balaban J connectivity index is 2.45. The summed E-state index contributed by atoms with van der Waals surface area (Å²) in [4.78, 5) is 11.6. The predicted octanol–water partition coefficient (Wildman–Crippen LogP) is 3.37. The third kappa shape index (κ3) is 2.07. The van der Waals surface area contributed by atoms with Crippen LogP contribution < -0.4 is 4.74 Å². The van der Waals surface area contributed by atoms with E-state index in [1.165, 1.54) is 0 Å². The lowest BCUT2D eigenvalue weighted by Crippen LogP contribution is -2.10. The molecule has 1 aromatic carbocycles. The normalized spacial score (nSPS) is 14.3. The highest BCUT2D eigenvalue weighted by Gasteiger charge is 2.16. The Labute approximate surface area is 97.8 Å². The molecule has 0 N–H and O–H groups in total. The number of ketones is 1. The molecule has 0 aliphatic carbocycles. The van der Waals surface area contributed by atoms with Crippen molar-refractivity contribution in [1.82, 2.24) is 0 Å². The first-order valence-corrected chi connectivity index (χ1v) is 6.00. The van der Waals surface area contributed by atoms with Crippen LogP contribution in [0, 0.1) is 0 Å². The summed E-state index contributed by atoms with van der Waals surface area (Å²) >= 11 is 3.45. The van der Waals surface area contributed by atoms with Crippen LogP contribution in [-0.2, 0) is 6.42 Å². The van der Waals surface area contributed by atoms with Crippen molar-refractivity contribution in [2.75, 3.05) is 6.61 Å². The van der Waals surface area contributed by atoms with Gasteiger partial charge in [-0.05, 0) is 46.5 Å². The molecule has 0 fully saturated rings. The molecule has 1 aliphatic heterocycles. The summed E-state index contributed by atoms with van der Waals surface area (Å²) in [5, 5.41) is 0. The van der Waals surface area contributed by atoms with Crippen molar-refractivity contribution >= 4 is 21.7 Å². The highest BCUT2D eigenvalue weighted by Crippen LogP contribution is 2.34. The van der Waals surface area contributed by atoms with Gasteiger partial charge < -0.3 is 4.74 Å². The summed E-state index contributed by atoms with van der Waals surface area (Å²) in [6.07, 6.45) is 2.58. The Bertz CT molecular complexity index is 399. The van der Waals surface area contributed by atoms with Gasteiger partial charge in [0.05, 0.1) is 11.1 Å². The minimum Gasteiger partial charge on any atom is -0.492 e. The molecule has 0 spiro atoms. The molecule has 0 unspecified atom stereocenters. The highest BCUT2D eigenvalue weighted by atomic mass is 79.9. The van der Waals surface area contributed by atoms with Gasteiger partial charge in [-0.15, -0.1) is 0 Å². The molecule has 0 bridgehead atoms. The molecule has 2 rings (SSSR count). The molecule has 0 radical (unpaired) electrons. The topological polar surface area (TPSA) is 26.3 Å². The molecular formula is C12H13BrO2. The first-order chi connectivity index (χ1) is 7.22. The Morgan fingerprint density at radius 2 is 2.33 bits per heavy atom. The smallest absolute Gasteiger partial charge is 0.162 e. The molecule has 0 saturated carbocycles. The lowest BCUT2D eigenvalue weighted by atomic mass is 10.0. The van der Waals surface area contributed by atoms with Gasteiger partial charge in [-0.2, -0.15) is 0 Å². The van der Waals surface area contributed by atoms with E-state index in [4.69, 9.17) is 4.74 Å². The van der Waals surface area contributed by atoms with Crippen LogP contribution in [0.25, 0.3) is 0 Å². The summed E-state index contributed by atoms with van der Waals surface area (Å²) in [5.74, 6) is 1.10. The van der Waals surface area contributed by atoms with E-state index in [1.807, 2.05) is 19.1 Å². The van der Waals surface area contributed by atoms with Gasteiger partial charge in [0.15, 0.2) is 5.78 Å². The fourth-order valence-electron chi connectivity index (χ4n) is 1.80. The third-order valence-corrected chi connectivity index (χ3v) is 3.19. The monoisotopic (exact) mass is 268 g/mol. The molecule has 0 aromatic heterocycles. The van der Waals surface area contributed by atoms with Crippen LogP contribution in [0.4, 0.5) is 0 Å². The molecule has 0 saturated heterocycles. The summed E-state index contributed by atoms with van der Waals surface area (Å²) in [7, 11) is 0. The Morgan fingerprint density at radius 3 is 3.07 bits per heavy atom. The minimum atomic E-state index is 0.184. The summed E-state index contributed by atoms with van der Waals surface area (Å²) in [6.45, 7) is 2.65. The maximum atomic E-state index is 11.6. The van der Waals surface area contributed by atoms with Crippen molar-refractivity contribution in [1.29, 1.82) is 0 Å². The van der Waals surface area contributed by atoms with E-state index in [2.05, 4.69) is 15.9 Å². The maximum Gasteiger partial charge on any atom is 0.162 e. The van der Waals surface area contributed by atoms with Crippen LogP contribution in [0.2, 0.25) is 0 Å². The molecule has 1 aliphatic rings. The van der Waals surface area contributed by atoms with Crippen LogP contribution in [0.15, 0.2) is 16.6 Å². The van der Waals surface area contributed by atoms with E-state index in [0.717, 1.165) is 40.8 Å². The van der Waals surface area contributed by atoms with Crippen LogP contribution >= 0.6 is 15.9 Å². The van der Waals surface area contributed by atoms with Crippen molar-refractivity contribution < 1.29 is 9.53 Å². The summed E-state index contributed by atoms with van der Waals surface area (Å²) in [6, 6.07) is 3.82. The second-order valence-corrected chi connectivity index (χ2v) is 4.53. The molecule has 15 heavy (non-hydrogen) atoms. The van der Waals surface area contributed by atoms with Gasteiger partial charge in [-0.3, -0.25) is 4.79 Å². The number of halogens is 1. The van der Waals surface area contributed by atoms with Crippen LogP contribution in [0.1, 0.15) is 35.7 Å². The zero-order chi connectivity index (χ0) is 10.8. The Morgan fingerprint density at radius 1 is 1.53 bits per heavy atom. The van der Waals surface area contributed by atoms with Crippen molar-refractivity contribution in [3.8, 4) is 5.75 Å². The number of hydrogen-bond acceptors (Lipinski definition) is 2. The zero-order valence-electron chi connectivity index (χ0n) is 8.68. The number of carbonyl (C=O) groups is 1. The van der Waals surface area contributed by atoms with Gasteiger partial charge in [-0.25, -0.2) is 0 Å². The molecule has 1 aromatic rings. The molecule has 3 heteroatoms. The molecule has 0 atom stereocenters. The van der Waals surface area contributed by atoms with Crippen LogP contribution in [0.3, 0.4) is 0 Å². The molecule has 80 valence electrons. The van der Waals surface area contributed by atoms with E-state index in [-0.39, 0.29) is 5.78 Å². The highest BCUT2D eigenvalue weighted by molar-refractivity contribution is 9.10. The van der Waals surface area contributed by atoms with E-state index < -0.39 is 0 Å². The fourth-order valence-corrected chi connectivity index (χ4v) is 2.42. The van der Waals surface area contributed by atoms with Gasteiger partial charge in [0.1, 0.15) is 5.75 Å². The van der Waals surface area contributed by atoms with Gasteiger partial charge in [0.25, 0.3) is 0 Å². The minimum absolute atomic E-state index is 0.184. The van der Waals surface area contributed by atoms with Crippen LogP contribution in [-0.4, -0.2) is 12.4 Å². The Hall–Kier alpha value is -0.830. The number of ether oxygens (including phenoxy) is 1. The molecule has 2 nitrogen and oxygen atoms in total. The fraction of sp³-hybridized carbons (Fsp3) is 0.417. The Kier molecular flexibility index (Phi) is 3.10. The number of fused-ring (bicyclic) bond motifs is 1. The lowest BCUT2D eigenvalue weighted by Gasteiger charge is -2.19. The number of hydrogen-bond donors (Lipinski definition) is 0. The summed E-state index contributed by atoms with van der Waals surface area (Å²) < 4.78 is 6.46. The van der Waals surface area contributed by atoms with Crippen molar-refractivity contribution in [2.24, 2.45) is 0 Å². The number of carbonyl (C=O) groups excluding carboxylic acids is 1. The predicted molar refractivity (Wildman–Crippen MR) is 62.6 cm³/mol. The van der Waals surface area contributed by atoms with E-state index >= 15 is 0 Å². The average molecular weight is 269 g/mol. The van der Waals surface area contributed by atoms with Crippen molar-refractivity contribution in [2.45, 2.75) is 26.2 Å². The van der Waals surface area contributed by atoms with Gasteiger partial charge in [0.2, 0.25) is 0 Å². The largest absolute Gasteiger partial charge is 0.492 e. The first-order valence-electron chi connectivity index (χ1n) is 5.20. The lowest BCUT2D eigenvalue weighted by molar-refractivity contribution is 0.0988. The zero-order valence-corrected chi connectivity index (χ0v) is 10.3. The van der Waals surface area contributed by atoms with Crippen molar-refractivity contribution in [3.05, 3.63) is 27.7 Å². The number of rotatable bonds is 2. The number of Topliss-reactive ketones (excluding diaryl/α,β-unsaturated/α-hetero) is 1. The molecule has 1 heterocycles. The van der Waals surface area contributed by atoms with Gasteiger partial charge in [-0.1, -0.05) is 6.92 Å². The van der Waals surface area contributed by atoms with Crippen LogP contribution in [0.5, 0.6) is 5.75 Å². The molecule has 0 amide bonds. The third-order valence-electron chi connectivity index (χ3n) is 2.60. The molecular weight excluding hydrogens is 256 g/mol. The second-order valence-electron chi connectivity index (χ2n) is 3.68. The van der Waals surface area contributed by atoms with E-state index in [0.29, 0.717) is 6.42 Å². The first kappa shape index (κ1) is 10.7. The van der Waals surface area contributed by atoms with Crippen molar-refractivity contribution in [3.63, 3.8) is 0 Å². The van der Waals surface area contributed by atoms with E-state index in [1.54, 1.807) is 0 Å². The number of aryl methyl sites for hydroxylation is 1. The van der Waals surface area contributed by atoms with Gasteiger partial charge in [0, 0.05) is 12.0 Å². The standard InChI is InChI=1S/C12H13BrO2/c1-2-11(14)9-6-8-4-3-5-15-12(8)10(13)7-9/h6-7H,2-5H2,1H3. The van der Waals surface area contributed by atoms with Gasteiger partial charge >= 0.3 is 0 Å². The summed E-state index contributed by atoms with van der Waals surface area (Å²) in [5.41, 5.74) is 1.93. The second kappa shape index (κ2) is 4.35.